The van der Waals surface area contributed by atoms with Gasteiger partial charge in [-0.1, -0.05) is 13.0 Å². The Balaban J connectivity index is 2.83. The Kier molecular flexibility index (Phi) is 3.89. The normalized spacial score (nSPS) is 12.6. The summed E-state index contributed by atoms with van der Waals surface area (Å²) < 4.78 is 0. The predicted molar refractivity (Wildman–Crippen MR) is 60.3 cm³/mol. The molecule has 0 aliphatic carbocycles. The van der Waals surface area contributed by atoms with Crippen molar-refractivity contribution in [1.82, 2.24) is 4.98 Å². The molecule has 0 saturated heterocycles. The molecule has 1 rings (SSSR count). The second-order valence-electron chi connectivity index (χ2n) is 3.56. The van der Waals surface area contributed by atoms with Crippen molar-refractivity contribution >= 4 is 5.82 Å². The van der Waals surface area contributed by atoms with Crippen LogP contribution in [-0.2, 0) is 6.54 Å². The predicted octanol–water partition coefficient (Wildman–Crippen LogP) is 1.77. The van der Waals surface area contributed by atoms with Crippen LogP contribution in [0.5, 0.6) is 0 Å². The number of hydrogen-bond donors (Lipinski definition) is 1. The molecule has 0 bridgehead atoms. The summed E-state index contributed by atoms with van der Waals surface area (Å²) in [5.74, 6) is 1.00. The molecule has 0 aliphatic rings. The molecule has 3 heteroatoms. The maximum Gasteiger partial charge on any atom is 0.128 e. The molecule has 1 aromatic heterocycles. The monoisotopic (exact) mass is 193 g/mol. The van der Waals surface area contributed by atoms with Crippen LogP contribution in [0.15, 0.2) is 18.2 Å². The van der Waals surface area contributed by atoms with Gasteiger partial charge in [0.1, 0.15) is 5.82 Å². The lowest BCUT2D eigenvalue weighted by Crippen LogP contribution is -2.29. The third kappa shape index (κ3) is 2.45. The Hall–Kier alpha value is -1.09. The fourth-order valence-electron chi connectivity index (χ4n) is 1.28. The summed E-state index contributed by atoms with van der Waals surface area (Å²) in [6.07, 6.45) is 1.12. The molecule has 1 unspecified atom stereocenters. The molecule has 0 fully saturated rings. The SMILES string of the molecule is CCC(C)N(C)c1cccc(CN)n1. The summed E-state index contributed by atoms with van der Waals surface area (Å²) in [6, 6.07) is 6.48. The van der Waals surface area contributed by atoms with E-state index in [0.717, 1.165) is 17.9 Å². The summed E-state index contributed by atoms with van der Waals surface area (Å²) in [5.41, 5.74) is 6.49. The Morgan fingerprint density at radius 2 is 2.21 bits per heavy atom. The molecule has 3 nitrogen and oxygen atoms in total. The molecule has 0 aromatic carbocycles. The number of nitrogens with two attached hydrogens (primary N) is 1. The molecule has 0 aliphatic heterocycles. The lowest BCUT2D eigenvalue weighted by atomic mass is 10.2. The molecule has 1 heterocycles. The van der Waals surface area contributed by atoms with Gasteiger partial charge in [-0.05, 0) is 25.5 Å². The zero-order valence-corrected chi connectivity index (χ0v) is 9.20. The van der Waals surface area contributed by atoms with Crippen LogP contribution in [0.2, 0.25) is 0 Å². The van der Waals surface area contributed by atoms with E-state index >= 15 is 0 Å². The highest BCUT2D eigenvalue weighted by Crippen LogP contribution is 2.13. The van der Waals surface area contributed by atoms with Gasteiger partial charge in [0.2, 0.25) is 0 Å². The van der Waals surface area contributed by atoms with Crippen molar-refractivity contribution in [3.05, 3.63) is 23.9 Å². The summed E-state index contributed by atoms with van der Waals surface area (Å²) >= 11 is 0. The highest BCUT2D eigenvalue weighted by molar-refractivity contribution is 5.39. The highest BCUT2D eigenvalue weighted by Gasteiger charge is 2.08. The van der Waals surface area contributed by atoms with Crippen LogP contribution in [0.1, 0.15) is 26.0 Å². The minimum atomic E-state index is 0.502. The number of pyridine rings is 1. The summed E-state index contributed by atoms with van der Waals surface area (Å²) in [7, 11) is 2.07. The van der Waals surface area contributed by atoms with Crippen LogP contribution in [0, 0.1) is 0 Å². The van der Waals surface area contributed by atoms with Gasteiger partial charge in [-0.15, -0.1) is 0 Å². The first-order valence-corrected chi connectivity index (χ1v) is 5.07. The minimum Gasteiger partial charge on any atom is -0.357 e. The van der Waals surface area contributed by atoms with Crippen molar-refractivity contribution in [3.8, 4) is 0 Å². The first-order valence-electron chi connectivity index (χ1n) is 5.07. The average Bonchev–Trinajstić information content (AvgIpc) is 2.27. The van der Waals surface area contributed by atoms with E-state index in [1.165, 1.54) is 0 Å². The summed E-state index contributed by atoms with van der Waals surface area (Å²) in [5, 5.41) is 0. The van der Waals surface area contributed by atoms with Gasteiger partial charge < -0.3 is 10.6 Å². The van der Waals surface area contributed by atoms with Crippen molar-refractivity contribution in [1.29, 1.82) is 0 Å². The molecule has 0 radical (unpaired) electrons. The van der Waals surface area contributed by atoms with Gasteiger partial charge in [-0.2, -0.15) is 0 Å². The number of nitrogens with zero attached hydrogens (tertiary/aromatic N) is 2. The van der Waals surface area contributed by atoms with Gasteiger partial charge in [-0.25, -0.2) is 4.98 Å². The summed E-state index contributed by atoms with van der Waals surface area (Å²) in [4.78, 5) is 6.64. The van der Waals surface area contributed by atoms with Gasteiger partial charge in [-0.3, -0.25) is 0 Å². The van der Waals surface area contributed by atoms with Crippen molar-refractivity contribution in [2.75, 3.05) is 11.9 Å². The Morgan fingerprint density at radius 1 is 1.50 bits per heavy atom. The molecule has 2 N–H and O–H groups in total. The number of anilines is 1. The minimum absolute atomic E-state index is 0.502. The van der Waals surface area contributed by atoms with Crippen LogP contribution in [-0.4, -0.2) is 18.1 Å². The zero-order valence-electron chi connectivity index (χ0n) is 9.20. The number of rotatable bonds is 4. The lowest BCUT2D eigenvalue weighted by Gasteiger charge is -2.25. The second kappa shape index (κ2) is 4.96. The van der Waals surface area contributed by atoms with E-state index in [0.29, 0.717) is 12.6 Å². The van der Waals surface area contributed by atoms with Gasteiger partial charge >= 0.3 is 0 Å². The molecule has 1 aromatic rings. The fraction of sp³-hybridized carbons (Fsp3) is 0.545. The first-order chi connectivity index (χ1) is 6.69. The van der Waals surface area contributed by atoms with Gasteiger partial charge in [0.15, 0.2) is 0 Å². The topological polar surface area (TPSA) is 42.1 Å². The van der Waals surface area contributed by atoms with E-state index in [1.807, 2.05) is 18.2 Å². The molecule has 0 spiro atoms. The lowest BCUT2D eigenvalue weighted by molar-refractivity contribution is 0.655. The molecular formula is C11H19N3. The Labute approximate surface area is 85.9 Å². The van der Waals surface area contributed by atoms with Crippen LogP contribution < -0.4 is 10.6 Å². The van der Waals surface area contributed by atoms with Crippen molar-refractivity contribution < 1.29 is 0 Å². The number of hydrogen-bond acceptors (Lipinski definition) is 3. The first kappa shape index (κ1) is 11.0. The smallest absolute Gasteiger partial charge is 0.128 e. The molecule has 14 heavy (non-hydrogen) atoms. The third-order valence-electron chi connectivity index (χ3n) is 2.61. The highest BCUT2D eigenvalue weighted by atomic mass is 15.2. The van der Waals surface area contributed by atoms with Gasteiger partial charge in [0, 0.05) is 19.6 Å². The van der Waals surface area contributed by atoms with Crippen LogP contribution in [0.25, 0.3) is 0 Å². The quantitative estimate of drug-likeness (QED) is 0.792. The Bertz CT molecular complexity index is 286. The molecular weight excluding hydrogens is 174 g/mol. The second-order valence-corrected chi connectivity index (χ2v) is 3.56. The van der Waals surface area contributed by atoms with Crippen molar-refractivity contribution in [3.63, 3.8) is 0 Å². The van der Waals surface area contributed by atoms with E-state index in [9.17, 15) is 0 Å². The standard InChI is InChI=1S/C11H19N3/c1-4-9(2)14(3)11-7-5-6-10(8-12)13-11/h5-7,9H,4,8,12H2,1-3H3. The molecule has 0 amide bonds. The van der Waals surface area contributed by atoms with E-state index in [-0.39, 0.29) is 0 Å². The van der Waals surface area contributed by atoms with Crippen LogP contribution in [0.3, 0.4) is 0 Å². The van der Waals surface area contributed by atoms with Gasteiger partial charge in [0.25, 0.3) is 0 Å². The van der Waals surface area contributed by atoms with Crippen molar-refractivity contribution in [2.45, 2.75) is 32.9 Å². The van der Waals surface area contributed by atoms with Crippen molar-refractivity contribution in [2.24, 2.45) is 5.73 Å². The molecule has 1 atom stereocenters. The Morgan fingerprint density at radius 3 is 2.79 bits per heavy atom. The maximum atomic E-state index is 5.55. The molecule has 0 saturated carbocycles. The van der Waals surface area contributed by atoms with E-state index in [2.05, 4.69) is 30.8 Å². The van der Waals surface area contributed by atoms with E-state index < -0.39 is 0 Å². The van der Waals surface area contributed by atoms with Crippen LogP contribution >= 0.6 is 0 Å². The van der Waals surface area contributed by atoms with E-state index in [4.69, 9.17) is 5.73 Å². The van der Waals surface area contributed by atoms with E-state index in [1.54, 1.807) is 0 Å². The third-order valence-corrected chi connectivity index (χ3v) is 2.61. The van der Waals surface area contributed by atoms with Gasteiger partial charge in [0.05, 0.1) is 5.69 Å². The summed E-state index contributed by atoms with van der Waals surface area (Å²) in [6.45, 7) is 4.87. The number of aromatic nitrogens is 1. The zero-order chi connectivity index (χ0) is 10.6. The average molecular weight is 193 g/mol. The fourth-order valence-corrected chi connectivity index (χ4v) is 1.28. The van der Waals surface area contributed by atoms with Crippen LogP contribution in [0.4, 0.5) is 5.82 Å². The largest absolute Gasteiger partial charge is 0.357 e. The maximum absolute atomic E-state index is 5.55. The molecule has 78 valence electrons.